The Labute approximate surface area is 188 Å². The highest BCUT2D eigenvalue weighted by Crippen LogP contribution is 2.21. The van der Waals surface area contributed by atoms with Gasteiger partial charge in [0.05, 0.1) is 11.3 Å². The Morgan fingerprint density at radius 2 is 1.78 bits per heavy atom. The van der Waals surface area contributed by atoms with Crippen LogP contribution in [0.2, 0.25) is 0 Å². The fraction of sp³-hybridized carbons (Fsp3) is 0.458. The zero-order valence-corrected chi connectivity index (χ0v) is 18.4. The standard InChI is InChI=1S/C24H30FN5O2/c1-29-10-12-30(13-11-29)24(32)28-21-7-3-6-20(15-21)27-23(31)18-8-9-22(26-16-18)17-4-2-5-19(25)14-17/h2,4-5,8-9,14,16,20-21H,3,6-7,10-13,15H2,1H3,(H,27,31)(H,28,32). The number of carbonyl (C=O) groups excluding carboxylic acids is 2. The van der Waals surface area contributed by atoms with Crippen molar-refractivity contribution in [1.82, 2.24) is 25.4 Å². The summed E-state index contributed by atoms with van der Waals surface area (Å²) in [7, 11) is 2.06. The molecule has 1 saturated carbocycles. The maximum Gasteiger partial charge on any atom is 0.317 e. The number of benzene rings is 1. The summed E-state index contributed by atoms with van der Waals surface area (Å²) in [6, 6.07) is 9.72. The van der Waals surface area contributed by atoms with Crippen molar-refractivity contribution in [2.75, 3.05) is 33.2 Å². The number of rotatable bonds is 4. The van der Waals surface area contributed by atoms with E-state index in [0.717, 1.165) is 51.9 Å². The molecule has 7 nitrogen and oxygen atoms in total. The number of aromatic nitrogens is 1. The Morgan fingerprint density at radius 3 is 2.47 bits per heavy atom. The second-order valence-corrected chi connectivity index (χ2v) is 8.72. The summed E-state index contributed by atoms with van der Waals surface area (Å²) < 4.78 is 13.4. The van der Waals surface area contributed by atoms with E-state index in [-0.39, 0.29) is 29.8 Å². The number of hydrogen-bond donors (Lipinski definition) is 2. The first-order valence-corrected chi connectivity index (χ1v) is 11.2. The molecule has 2 unspecified atom stereocenters. The number of urea groups is 1. The zero-order chi connectivity index (χ0) is 22.5. The third-order valence-corrected chi connectivity index (χ3v) is 6.27. The summed E-state index contributed by atoms with van der Waals surface area (Å²) >= 11 is 0. The Hall–Kier alpha value is -3.00. The number of hydrogen-bond acceptors (Lipinski definition) is 4. The van der Waals surface area contributed by atoms with Gasteiger partial charge in [-0.2, -0.15) is 0 Å². The van der Waals surface area contributed by atoms with Crippen molar-refractivity contribution in [2.24, 2.45) is 0 Å². The van der Waals surface area contributed by atoms with E-state index < -0.39 is 0 Å². The first kappa shape index (κ1) is 22.2. The third-order valence-electron chi connectivity index (χ3n) is 6.27. The van der Waals surface area contributed by atoms with Gasteiger partial charge in [-0.05, 0) is 57.0 Å². The molecule has 0 bridgehead atoms. The van der Waals surface area contributed by atoms with E-state index in [1.165, 1.54) is 18.3 Å². The molecule has 170 valence electrons. The lowest BCUT2D eigenvalue weighted by molar-refractivity contribution is 0.0922. The van der Waals surface area contributed by atoms with Gasteiger partial charge in [-0.3, -0.25) is 9.78 Å². The first-order chi connectivity index (χ1) is 15.5. The van der Waals surface area contributed by atoms with Crippen LogP contribution in [0.1, 0.15) is 36.0 Å². The van der Waals surface area contributed by atoms with E-state index in [1.807, 2.05) is 4.90 Å². The van der Waals surface area contributed by atoms with E-state index in [0.29, 0.717) is 16.8 Å². The average Bonchev–Trinajstić information content (AvgIpc) is 2.80. The largest absolute Gasteiger partial charge is 0.349 e. The number of carbonyl (C=O) groups is 2. The third kappa shape index (κ3) is 5.62. The quantitative estimate of drug-likeness (QED) is 0.768. The molecule has 4 rings (SSSR count). The van der Waals surface area contributed by atoms with Crippen LogP contribution in [0.5, 0.6) is 0 Å². The van der Waals surface area contributed by atoms with Crippen molar-refractivity contribution in [1.29, 1.82) is 0 Å². The number of nitrogens with one attached hydrogen (secondary N) is 2. The van der Waals surface area contributed by atoms with Crippen LogP contribution < -0.4 is 10.6 Å². The molecule has 1 saturated heterocycles. The molecule has 2 fully saturated rings. The Balaban J connectivity index is 1.29. The Kier molecular flexibility index (Phi) is 6.99. The minimum Gasteiger partial charge on any atom is -0.349 e. The molecule has 1 aromatic carbocycles. The van der Waals surface area contributed by atoms with E-state index >= 15 is 0 Å². The highest BCUT2D eigenvalue weighted by molar-refractivity contribution is 5.94. The SMILES string of the molecule is CN1CCN(C(=O)NC2CCCC(NC(=O)c3ccc(-c4cccc(F)c4)nc3)C2)CC1. The van der Waals surface area contributed by atoms with Crippen LogP contribution in [0.4, 0.5) is 9.18 Å². The average molecular weight is 440 g/mol. The van der Waals surface area contributed by atoms with Crippen molar-refractivity contribution in [3.05, 3.63) is 54.0 Å². The van der Waals surface area contributed by atoms with Gasteiger partial charge in [0.15, 0.2) is 0 Å². The second-order valence-electron chi connectivity index (χ2n) is 8.72. The topological polar surface area (TPSA) is 77.6 Å². The molecule has 2 aliphatic rings. The van der Waals surface area contributed by atoms with Gasteiger partial charge in [0, 0.05) is 50.0 Å². The van der Waals surface area contributed by atoms with Crippen molar-refractivity contribution >= 4 is 11.9 Å². The van der Waals surface area contributed by atoms with Crippen LogP contribution in [0.25, 0.3) is 11.3 Å². The molecule has 1 aliphatic heterocycles. The van der Waals surface area contributed by atoms with Crippen molar-refractivity contribution in [3.8, 4) is 11.3 Å². The molecule has 8 heteroatoms. The number of amides is 3. The second kappa shape index (κ2) is 10.1. The van der Waals surface area contributed by atoms with Gasteiger partial charge in [-0.25, -0.2) is 9.18 Å². The predicted octanol–water partition coefficient (Wildman–Crippen LogP) is 2.89. The molecule has 3 amide bonds. The highest BCUT2D eigenvalue weighted by Gasteiger charge is 2.27. The lowest BCUT2D eigenvalue weighted by Crippen LogP contribution is -2.54. The van der Waals surface area contributed by atoms with Crippen LogP contribution in [0, 0.1) is 5.82 Å². The van der Waals surface area contributed by atoms with Gasteiger partial charge in [0.1, 0.15) is 5.82 Å². The maximum atomic E-state index is 13.4. The summed E-state index contributed by atoms with van der Waals surface area (Å²) in [5, 5.41) is 6.23. The molecule has 2 atom stereocenters. The molecule has 2 N–H and O–H groups in total. The normalized spacial score (nSPS) is 21.8. The molecular formula is C24H30FN5O2. The molecule has 2 aromatic rings. The number of halogens is 1. The van der Waals surface area contributed by atoms with Crippen LogP contribution >= 0.6 is 0 Å². The summed E-state index contributed by atoms with van der Waals surface area (Å²) in [5.74, 6) is -0.503. The van der Waals surface area contributed by atoms with Gasteiger partial charge < -0.3 is 20.4 Å². The number of piperazine rings is 1. The number of pyridine rings is 1. The van der Waals surface area contributed by atoms with Crippen LogP contribution in [-0.4, -0.2) is 72.0 Å². The van der Waals surface area contributed by atoms with Gasteiger partial charge in [0.25, 0.3) is 5.91 Å². The summed E-state index contributed by atoms with van der Waals surface area (Å²) in [5.41, 5.74) is 1.75. The lowest BCUT2D eigenvalue weighted by Gasteiger charge is -2.35. The monoisotopic (exact) mass is 439 g/mol. The van der Waals surface area contributed by atoms with E-state index in [4.69, 9.17) is 0 Å². The highest BCUT2D eigenvalue weighted by atomic mass is 19.1. The maximum absolute atomic E-state index is 13.4. The fourth-order valence-electron chi connectivity index (χ4n) is 4.34. The van der Waals surface area contributed by atoms with Gasteiger partial charge in [-0.15, -0.1) is 0 Å². The van der Waals surface area contributed by atoms with Crippen LogP contribution in [0.15, 0.2) is 42.6 Å². The van der Waals surface area contributed by atoms with Gasteiger partial charge >= 0.3 is 6.03 Å². The molecule has 2 heterocycles. The van der Waals surface area contributed by atoms with Crippen molar-refractivity contribution in [2.45, 2.75) is 37.8 Å². The van der Waals surface area contributed by atoms with E-state index in [9.17, 15) is 14.0 Å². The smallest absolute Gasteiger partial charge is 0.317 e. The fourth-order valence-corrected chi connectivity index (χ4v) is 4.34. The predicted molar refractivity (Wildman–Crippen MR) is 121 cm³/mol. The van der Waals surface area contributed by atoms with E-state index in [2.05, 4.69) is 27.6 Å². The Bertz CT molecular complexity index is 944. The molecule has 0 spiro atoms. The first-order valence-electron chi connectivity index (χ1n) is 11.2. The summed E-state index contributed by atoms with van der Waals surface area (Å²) in [6.45, 7) is 3.27. The molecule has 1 aromatic heterocycles. The number of likely N-dealkylation sites (N-methyl/N-ethyl adjacent to an activating group) is 1. The minimum absolute atomic E-state index is 0.00721. The molecular weight excluding hydrogens is 409 g/mol. The Morgan fingerprint density at radius 1 is 1.03 bits per heavy atom. The zero-order valence-electron chi connectivity index (χ0n) is 18.4. The molecule has 0 radical (unpaired) electrons. The lowest BCUT2D eigenvalue weighted by atomic mass is 9.91. The van der Waals surface area contributed by atoms with Gasteiger partial charge in [0.2, 0.25) is 0 Å². The van der Waals surface area contributed by atoms with Crippen molar-refractivity contribution in [3.63, 3.8) is 0 Å². The van der Waals surface area contributed by atoms with Crippen molar-refractivity contribution < 1.29 is 14.0 Å². The van der Waals surface area contributed by atoms with Gasteiger partial charge in [-0.1, -0.05) is 12.1 Å². The number of nitrogens with zero attached hydrogens (tertiary/aromatic N) is 3. The molecule has 32 heavy (non-hydrogen) atoms. The van der Waals surface area contributed by atoms with Crippen LogP contribution in [0.3, 0.4) is 0 Å². The molecule has 1 aliphatic carbocycles. The summed E-state index contributed by atoms with van der Waals surface area (Å²) in [4.78, 5) is 33.7. The van der Waals surface area contributed by atoms with Crippen LogP contribution in [-0.2, 0) is 0 Å². The minimum atomic E-state index is -0.322. The van der Waals surface area contributed by atoms with E-state index in [1.54, 1.807) is 24.3 Å². The summed E-state index contributed by atoms with van der Waals surface area (Å²) in [6.07, 6.45) is 5.01.